The van der Waals surface area contributed by atoms with Gasteiger partial charge in [0.1, 0.15) is 0 Å². The van der Waals surface area contributed by atoms with Crippen molar-refractivity contribution in [2.75, 3.05) is 61.3 Å². The lowest BCUT2D eigenvalue weighted by atomic mass is 10.1. The van der Waals surface area contributed by atoms with E-state index in [1.807, 2.05) is 25.2 Å². The molecular formula is C19H31N3O4. The number of nitrogens with one attached hydrogen (secondary N) is 1. The van der Waals surface area contributed by atoms with Gasteiger partial charge in [-0.2, -0.15) is 0 Å². The van der Waals surface area contributed by atoms with Crippen molar-refractivity contribution < 1.29 is 18.9 Å². The highest BCUT2D eigenvalue weighted by Gasteiger charge is 2.25. The van der Waals surface area contributed by atoms with E-state index in [1.54, 1.807) is 21.3 Å². The zero-order valence-electron chi connectivity index (χ0n) is 16.3. The first kappa shape index (κ1) is 20.3. The zero-order chi connectivity index (χ0) is 18.8. The standard InChI is InChI=1S/C19H31N3O4/c1-20-19(22-9-8-15(13-22)14-26-11-10-23-2)21-12-16-6-5-7-17(24-3)18(16)25-4/h5-7,15H,8-14H2,1-4H3,(H,20,21). The summed E-state index contributed by atoms with van der Waals surface area (Å²) in [4.78, 5) is 6.70. The summed E-state index contributed by atoms with van der Waals surface area (Å²) < 4.78 is 21.5. The fourth-order valence-corrected chi connectivity index (χ4v) is 3.15. The Morgan fingerprint density at radius 2 is 2.08 bits per heavy atom. The van der Waals surface area contributed by atoms with Crippen molar-refractivity contribution in [3.8, 4) is 11.5 Å². The van der Waals surface area contributed by atoms with Crippen LogP contribution in [0.4, 0.5) is 0 Å². The van der Waals surface area contributed by atoms with E-state index in [0.717, 1.165) is 49.1 Å². The van der Waals surface area contributed by atoms with Crippen LogP contribution >= 0.6 is 0 Å². The summed E-state index contributed by atoms with van der Waals surface area (Å²) in [6, 6.07) is 5.88. The van der Waals surface area contributed by atoms with E-state index in [2.05, 4.69) is 15.2 Å². The van der Waals surface area contributed by atoms with Gasteiger partial charge in [-0.25, -0.2) is 0 Å². The largest absolute Gasteiger partial charge is 0.493 e. The number of para-hydroxylation sites is 1. The third kappa shape index (κ3) is 5.51. The molecule has 2 rings (SSSR count). The Morgan fingerprint density at radius 1 is 1.23 bits per heavy atom. The van der Waals surface area contributed by atoms with E-state index in [4.69, 9.17) is 18.9 Å². The highest BCUT2D eigenvalue weighted by molar-refractivity contribution is 5.80. The topological polar surface area (TPSA) is 64.6 Å². The van der Waals surface area contributed by atoms with E-state index >= 15 is 0 Å². The molecule has 1 aliphatic heterocycles. The number of nitrogens with zero attached hydrogens (tertiary/aromatic N) is 2. The number of likely N-dealkylation sites (tertiary alicyclic amines) is 1. The first-order chi connectivity index (χ1) is 12.7. The Hall–Kier alpha value is -1.99. The van der Waals surface area contributed by atoms with Crippen molar-refractivity contribution in [3.05, 3.63) is 23.8 Å². The second kappa shape index (κ2) is 10.9. The Labute approximate surface area is 156 Å². The molecule has 1 aromatic rings. The minimum Gasteiger partial charge on any atom is -0.493 e. The molecule has 1 unspecified atom stereocenters. The average Bonchev–Trinajstić information content (AvgIpc) is 3.14. The van der Waals surface area contributed by atoms with E-state index in [0.29, 0.717) is 25.7 Å². The lowest BCUT2D eigenvalue weighted by molar-refractivity contribution is 0.0536. The second-order valence-corrected chi connectivity index (χ2v) is 6.22. The zero-order valence-corrected chi connectivity index (χ0v) is 16.3. The molecular weight excluding hydrogens is 334 g/mol. The third-order valence-electron chi connectivity index (χ3n) is 4.50. The number of hydrogen-bond donors (Lipinski definition) is 1. The van der Waals surface area contributed by atoms with Gasteiger partial charge in [0.2, 0.25) is 0 Å². The highest BCUT2D eigenvalue weighted by Crippen LogP contribution is 2.30. The van der Waals surface area contributed by atoms with E-state index < -0.39 is 0 Å². The first-order valence-corrected chi connectivity index (χ1v) is 8.95. The minimum atomic E-state index is 0.525. The lowest BCUT2D eigenvalue weighted by Gasteiger charge is -2.22. The molecule has 1 saturated heterocycles. The van der Waals surface area contributed by atoms with Gasteiger partial charge in [-0.3, -0.25) is 4.99 Å². The van der Waals surface area contributed by atoms with Crippen LogP contribution in [0, 0.1) is 5.92 Å². The number of hydrogen-bond acceptors (Lipinski definition) is 5. The maximum Gasteiger partial charge on any atom is 0.193 e. The van der Waals surface area contributed by atoms with Crippen LogP contribution in [0.25, 0.3) is 0 Å². The van der Waals surface area contributed by atoms with Crippen LogP contribution in [-0.2, 0) is 16.0 Å². The fourth-order valence-electron chi connectivity index (χ4n) is 3.15. The van der Waals surface area contributed by atoms with Crippen LogP contribution < -0.4 is 14.8 Å². The Kier molecular flexibility index (Phi) is 8.50. The molecule has 26 heavy (non-hydrogen) atoms. The minimum absolute atomic E-state index is 0.525. The number of guanidine groups is 1. The molecule has 7 nitrogen and oxygen atoms in total. The van der Waals surface area contributed by atoms with Gasteiger partial charge in [0.25, 0.3) is 0 Å². The molecule has 0 radical (unpaired) electrons. The molecule has 7 heteroatoms. The fraction of sp³-hybridized carbons (Fsp3) is 0.632. The highest BCUT2D eigenvalue weighted by atomic mass is 16.5. The number of ether oxygens (including phenoxy) is 4. The molecule has 1 fully saturated rings. The van der Waals surface area contributed by atoms with E-state index in [1.165, 1.54) is 0 Å². The summed E-state index contributed by atoms with van der Waals surface area (Å²) in [5.41, 5.74) is 1.03. The van der Waals surface area contributed by atoms with Crippen molar-refractivity contribution in [2.45, 2.75) is 13.0 Å². The van der Waals surface area contributed by atoms with Crippen molar-refractivity contribution in [1.29, 1.82) is 0 Å². The van der Waals surface area contributed by atoms with Crippen molar-refractivity contribution in [2.24, 2.45) is 10.9 Å². The van der Waals surface area contributed by atoms with Gasteiger partial charge >= 0.3 is 0 Å². The summed E-state index contributed by atoms with van der Waals surface area (Å²) in [5.74, 6) is 2.91. The number of rotatable bonds is 9. The summed E-state index contributed by atoms with van der Waals surface area (Å²) in [6.45, 7) is 4.60. The molecule has 1 aliphatic rings. The molecule has 1 N–H and O–H groups in total. The molecule has 0 bridgehead atoms. The summed E-state index contributed by atoms with van der Waals surface area (Å²) >= 11 is 0. The van der Waals surface area contributed by atoms with E-state index in [9.17, 15) is 0 Å². The monoisotopic (exact) mass is 365 g/mol. The van der Waals surface area contributed by atoms with Crippen LogP contribution in [0.3, 0.4) is 0 Å². The van der Waals surface area contributed by atoms with Gasteiger partial charge in [-0.05, 0) is 12.5 Å². The predicted molar refractivity (Wildman–Crippen MR) is 102 cm³/mol. The Balaban J connectivity index is 1.87. The molecule has 0 amide bonds. The number of benzene rings is 1. The first-order valence-electron chi connectivity index (χ1n) is 8.95. The number of aliphatic imine (C=N–C) groups is 1. The van der Waals surface area contributed by atoms with Crippen molar-refractivity contribution in [1.82, 2.24) is 10.2 Å². The molecule has 1 aromatic carbocycles. The summed E-state index contributed by atoms with van der Waals surface area (Å²) in [6.07, 6.45) is 1.11. The lowest BCUT2D eigenvalue weighted by Crippen LogP contribution is -2.40. The van der Waals surface area contributed by atoms with Crippen LogP contribution in [-0.4, -0.2) is 72.1 Å². The third-order valence-corrected chi connectivity index (χ3v) is 4.50. The van der Waals surface area contributed by atoms with Gasteiger partial charge in [-0.15, -0.1) is 0 Å². The van der Waals surface area contributed by atoms with Crippen molar-refractivity contribution >= 4 is 5.96 Å². The van der Waals surface area contributed by atoms with Gasteiger partial charge in [0.15, 0.2) is 17.5 Å². The normalized spacial score (nSPS) is 17.5. The predicted octanol–water partition coefficient (Wildman–Crippen LogP) is 1.76. The molecule has 0 aromatic heterocycles. The second-order valence-electron chi connectivity index (χ2n) is 6.22. The molecule has 146 valence electrons. The molecule has 1 heterocycles. The summed E-state index contributed by atoms with van der Waals surface area (Å²) in [7, 11) is 6.80. The molecule has 1 atom stereocenters. The summed E-state index contributed by atoms with van der Waals surface area (Å²) in [5, 5.41) is 3.43. The molecule has 0 aliphatic carbocycles. The van der Waals surface area contributed by atoms with Crippen LogP contribution in [0.15, 0.2) is 23.2 Å². The Bertz CT molecular complexity index is 580. The van der Waals surface area contributed by atoms with Crippen molar-refractivity contribution in [3.63, 3.8) is 0 Å². The number of methoxy groups -OCH3 is 3. The maximum absolute atomic E-state index is 5.66. The Morgan fingerprint density at radius 3 is 2.77 bits per heavy atom. The van der Waals surface area contributed by atoms with Gasteiger partial charge in [0.05, 0.1) is 34.0 Å². The van der Waals surface area contributed by atoms with Gasteiger partial charge in [0, 0.05) is 45.3 Å². The van der Waals surface area contributed by atoms with Crippen LogP contribution in [0.2, 0.25) is 0 Å². The van der Waals surface area contributed by atoms with E-state index in [-0.39, 0.29) is 0 Å². The van der Waals surface area contributed by atoms with Gasteiger partial charge < -0.3 is 29.2 Å². The maximum atomic E-state index is 5.66. The molecule has 0 saturated carbocycles. The molecule has 0 spiro atoms. The van der Waals surface area contributed by atoms with Crippen LogP contribution in [0.5, 0.6) is 11.5 Å². The SMILES string of the molecule is CN=C(NCc1cccc(OC)c1OC)N1CCC(COCCOC)C1. The van der Waals surface area contributed by atoms with Gasteiger partial charge in [-0.1, -0.05) is 12.1 Å². The smallest absolute Gasteiger partial charge is 0.193 e. The quantitative estimate of drug-likeness (QED) is 0.409. The average molecular weight is 365 g/mol. The van der Waals surface area contributed by atoms with Crippen LogP contribution in [0.1, 0.15) is 12.0 Å².